The molecule has 2 rings (SSSR count). The number of benzene rings is 1. The van der Waals surface area contributed by atoms with Crippen molar-refractivity contribution in [3.63, 3.8) is 0 Å². The van der Waals surface area contributed by atoms with Gasteiger partial charge in [0.1, 0.15) is 16.4 Å². The van der Waals surface area contributed by atoms with Crippen molar-refractivity contribution < 1.29 is 19.4 Å². The van der Waals surface area contributed by atoms with E-state index in [2.05, 4.69) is 10.3 Å². The molecule has 0 radical (unpaired) electrons. The Morgan fingerprint density at radius 1 is 1.19 bits per heavy atom. The van der Waals surface area contributed by atoms with Crippen molar-refractivity contribution in [2.24, 2.45) is 19.1 Å². The van der Waals surface area contributed by atoms with E-state index in [-0.39, 0.29) is 22.3 Å². The Morgan fingerprint density at radius 3 is 2.48 bits per heavy atom. The lowest BCUT2D eigenvalue weighted by atomic mass is 10.3. The van der Waals surface area contributed by atoms with Crippen LogP contribution in [0.15, 0.2) is 38.8 Å². The van der Waals surface area contributed by atoms with Crippen LogP contribution in [0.1, 0.15) is 12.5 Å². The molecule has 0 aliphatic rings. The Morgan fingerprint density at radius 2 is 1.87 bits per heavy atom. The Bertz CT molecular complexity index is 1060. The van der Waals surface area contributed by atoms with E-state index in [1.165, 1.54) is 21.2 Å². The second kappa shape index (κ2) is 11.4. The zero-order valence-corrected chi connectivity index (χ0v) is 18.7. The van der Waals surface area contributed by atoms with Crippen LogP contribution in [0.4, 0.5) is 5.69 Å². The summed E-state index contributed by atoms with van der Waals surface area (Å²) < 4.78 is 12.1. The summed E-state index contributed by atoms with van der Waals surface area (Å²) in [7, 11) is 4.18. The molecule has 31 heavy (non-hydrogen) atoms. The first-order chi connectivity index (χ1) is 14.8. The predicted molar refractivity (Wildman–Crippen MR) is 120 cm³/mol. The second-order valence-electron chi connectivity index (χ2n) is 6.38. The first-order valence-corrected chi connectivity index (χ1v) is 10.5. The van der Waals surface area contributed by atoms with Crippen molar-refractivity contribution in [2.45, 2.75) is 6.92 Å². The minimum atomic E-state index is -0.711. The van der Waals surface area contributed by atoms with E-state index in [0.717, 1.165) is 20.9 Å². The summed E-state index contributed by atoms with van der Waals surface area (Å²) in [5, 5.41) is 13.3. The molecule has 0 atom stereocenters. The number of thioether (sulfide) groups is 1. The number of methoxy groups -OCH3 is 1. The third-order valence-corrected chi connectivity index (χ3v) is 5.17. The SMILES string of the molecule is CCOc1ccc(N=C(SCC(=O)NCCOC)c2c(O)n(C)c(=O)n(C)c2=O)cc1. The fourth-order valence-corrected chi connectivity index (χ4v) is 3.42. The van der Waals surface area contributed by atoms with Crippen LogP contribution in [0, 0.1) is 0 Å². The third-order valence-electron chi connectivity index (χ3n) is 4.19. The van der Waals surface area contributed by atoms with Gasteiger partial charge in [-0.2, -0.15) is 0 Å². The van der Waals surface area contributed by atoms with Crippen LogP contribution in [0.3, 0.4) is 0 Å². The number of hydrogen-bond acceptors (Lipinski definition) is 8. The molecule has 0 unspecified atom stereocenters. The molecule has 2 N–H and O–H groups in total. The lowest BCUT2D eigenvalue weighted by molar-refractivity contribution is -0.118. The molecule has 168 valence electrons. The molecule has 1 amide bonds. The smallest absolute Gasteiger partial charge is 0.333 e. The van der Waals surface area contributed by atoms with Gasteiger partial charge in [-0.15, -0.1) is 0 Å². The first kappa shape index (κ1) is 24.2. The average molecular weight is 451 g/mol. The number of nitrogens with zero attached hydrogens (tertiary/aromatic N) is 3. The molecule has 0 saturated heterocycles. The van der Waals surface area contributed by atoms with Crippen LogP contribution in [0.5, 0.6) is 11.6 Å². The highest BCUT2D eigenvalue weighted by Crippen LogP contribution is 2.24. The van der Waals surface area contributed by atoms with Gasteiger partial charge >= 0.3 is 5.69 Å². The van der Waals surface area contributed by atoms with E-state index < -0.39 is 17.1 Å². The molecule has 0 aliphatic carbocycles. The monoisotopic (exact) mass is 450 g/mol. The number of aliphatic imine (C=N–C) groups is 1. The van der Waals surface area contributed by atoms with Gasteiger partial charge in [0.2, 0.25) is 11.8 Å². The summed E-state index contributed by atoms with van der Waals surface area (Å²) in [6, 6.07) is 6.82. The number of aromatic nitrogens is 2. The van der Waals surface area contributed by atoms with Gasteiger partial charge in [-0.1, -0.05) is 11.8 Å². The molecule has 1 aromatic heterocycles. The van der Waals surface area contributed by atoms with Gasteiger partial charge in [0.15, 0.2) is 0 Å². The predicted octanol–water partition coefficient (Wildman–Crippen LogP) is 0.762. The van der Waals surface area contributed by atoms with Crippen molar-refractivity contribution in [1.82, 2.24) is 14.5 Å². The Hall–Kier alpha value is -3.05. The molecule has 2 aromatic rings. The highest BCUT2D eigenvalue weighted by molar-refractivity contribution is 8.15. The average Bonchev–Trinajstić information content (AvgIpc) is 2.76. The van der Waals surface area contributed by atoms with E-state index in [0.29, 0.717) is 31.2 Å². The first-order valence-electron chi connectivity index (χ1n) is 9.49. The number of nitrogens with one attached hydrogen (secondary N) is 1. The highest BCUT2D eigenvalue weighted by atomic mass is 32.2. The van der Waals surface area contributed by atoms with Crippen LogP contribution >= 0.6 is 11.8 Å². The fourth-order valence-electron chi connectivity index (χ4n) is 2.56. The largest absolute Gasteiger partial charge is 0.494 e. The maximum absolute atomic E-state index is 12.7. The summed E-state index contributed by atoms with van der Waals surface area (Å²) in [6.45, 7) is 3.10. The number of ether oxygens (including phenoxy) is 2. The van der Waals surface area contributed by atoms with Crippen molar-refractivity contribution >= 4 is 28.4 Å². The molecule has 1 heterocycles. The van der Waals surface area contributed by atoms with Gasteiger partial charge in [-0.25, -0.2) is 9.79 Å². The minimum absolute atomic E-state index is 0.0506. The van der Waals surface area contributed by atoms with Crippen molar-refractivity contribution in [1.29, 1.82) is 0 Å². The summed E-state index contributed by atoms with van der Waals surface area (Å²) in [5.41, 5.74) is -1.05. The number of amides is 1. The molecular weight excluding hydrogens is 424 g/mol. The summed E-state index contributed by atoms with van der Waals surface area (Å²) in [6.07, 6.45) is 0. The van der Waals surface area contributed by atoms with E-state index in [9.17, 15) is 19.5 Å². The van der Waals surface area contributed by atoms with E-state index in [1.807, 2.05) is 6.92 Å². The standard InChI is InChI=1S/C20H26N4O6S/c1-5-30-14-8-6-13(7-9-14)22-17(31-12-15(25)21-10-11-29-4)16-18(26)23(2)20(28)24(3)19(16)27/h6-9,26H,5,10-12H2,1-4H3,(H,21,25). The lowest BCUT2D eigenvalue weighted by Gasteiger charge is -2.12. The number of carbonyl (C=O) groups is 1. The van der Waals surface area contributed by atoms with Gasteiger partial charge < -0.3 is 19.9 Å². The maximum atomic E-state index is 12.7. The van der Waals surface area contributed by atoms with Crippen LogP contribution in [0.25, 0.3) is 0 Å². The Balaban J connectivity index is 2.45. The molecule has 0 spiro atoms. The van der Waals surface area contributed by atoms with E-state index >= 15 is 0 Å². The van der Waals surface area contributed by atoms with Gasteiger partial charge in [0.25, 0.3) is 5.56 Å². The highest BCUT2D eigenvalue weighted by Gasteiger charge is 2.21. The van der Waals surface area contributed by atoms with Gasteiger partial charge in [0, 0.05) is 27.7 Å². The van der Waals surface area contributed by atoms with Gasteiger partial charge in [-0.3, -0.25) is 18.7 Å². The quantitative estimate of drug-likeness (QED) is 0.328. The van der Waals surface area contributed by atoms with Crippen LogP contribution in [-0.2, 0) is 23.6 Å². The minimum Gasteiger partial charge on any atom is -0.494 e. The number of hydrogen-bond donors (Lipinski definition) is 2. The fraction of sp³-hybridized carbons (Fsp3) is 0.400. The lowest BCUT2D eigenvalue weighted by Crippen LogP contribution is -2.40. The summed E-state index contributed by atoms with van der Waals surface area (Å²) >= 11 is 0.979. The third kappa shape index (κ3) is 6.22. The van der Waals surface area contributed by atoms with E-state index in [4.69, 9.17) is 9.47 Å². The topological polar surface area (TPSA) is 124 Å². The molecular formula is C20H26N4O6S. The number of aromatic hydroxyl groups is 1. The normalized spacial score (nSPS) is 11.4. The zero-order chi connectivity index (χ0) is 23.0. The number of rotatable bonds is 9. The molecule has 0 bridgehead atoms. The second-order valence-corrected chi connectivity index (χ2v) is 7.34. The summed E-state index contributed by atoms with van der Waals surface area (Å²) in [4.78, 5) is 41.4. The van der Waals surface area contributed by atoms with Crippen molar-refractivity contribution in [2.75, 3.05) is 32.6 Å². The van der Waals surface area contributed by atoms with Crippen molar-refractivity contribution in [3.8, 4) is 11.6 Å². The zero-order valence-electron chi connectivity index (χ0n) is 17.9. The molecule has 0 fully saturated rings. The summed E-state index contributed by atoms with van der Waals surface area (Å²) in [5.74, 6) is -0.202. The van der Waals surface area contributed by atoms with Gasteiger partial charge in [-0.05, 0) is 31.2 Å². The van der Waals surface area contributed by atoms with Crippen molar-refractivity contribution in [3.05, 3.63) is 50.7 Å². The molecule has 0 saturated carbocycles. The maximum Gasteiger partial charge on any atom is 0.333 e. The van der Waals surface area contributed by atoms with E-state index in [1.54, 1.807) is 24.3 Å². The van der Waals surface area contributed by atoms with Crippen LogP contribution in [0.2, 0.25) is 0 Å². The van der Waals surface area contributed by atoms with Crippen LogP contribution in [-0.4, -0.2) is 57.8 Å². The van der Waals surface area contributed by atoms with Gasteiger partial charge in [0.05, 0.1) is 24.7 Å². The Kier molecular flexibility index (Phi) is 8.88. The molecule has 1 aromatic carbocycles. The molecule has 10 nitrogen and oxygen atoms in total. The molecule has 11 heteroatoms. The van der Waals surface area contributed by atoms with Crippen LogP contribution < -0.4 is 21.3 Å². The molecule has 0 aliphatic heterocycles. The number of carbonyl (C=O) groups excluding carboxylic acids is 1. The Labute approximate surface area is 183 Å².